The fourth-order valence-electron chi connectivity index (χ4n) is 0.610. The van der Waals surface area contributed by atoms with Gasteiger partial charge in [-0.25, -0.2) is 0 Å². The molecule has 0 bridgehead atoms. The smallest absolute Gasteiger partial charge is 0.0758 e. The van der Waals surface area contributed by atoms with Crippen molar-refractivity contribution in [3.63, 3.8) is 0 Å². The molecule has 48 valence electrons. The number of benzene rings is 1. The van der Waals surface area contributed by atoms with Gasteiger partial charge in [-0.2, -0.15) is 11.2 Å². The first-order chi connectivity index (χ1) is 4.33. The largest absolute Gasteiger partial charge is 0.164 e. The van der Waals surface area contributed by atoms with Crippen molar-refractivity contribution in [1.29, 1.82) is 0 Å². The fraction of sp³-hybridized carbons (Fsp3) is 0. The Bertz CT molecular complexity index is 200. The van der Waals surface area contributed by atoms with Crippen LogP contribution in [0.4, 0.5) is 0 Å². The average molecular weight is 172 g/mol. The molecule has 0 fully saturated rings. The van der Waals surface area contributed by atoms with Gasteiger partial charge in [-0.3, -0.25) is 0 Å². The molecule has 1 aromatic rings. The Morgan fingerprint density at radius 1 is 1.44 bits per heavy atom. The molecule has 0 saturated heterocycles. The van der Waals surface area contributed by atoms with Crippen molar-refractivity contribution < 1.29 is 0 Å². The highest BCUT2D eigenvalue weighted by Gasteiger charge is 1.86. The van der Waals surface area contributed by atoms with E-state index < -0.39 is 0 Å². The summed E-state index contributed by atoms with van der Waals surface area (Å²) in [6.45, 7) is 0. The lowest BCUT2D eigenvalue weighted by molar-refractivity contribution is 1.35. The molecule has 0 aromatic heterocycles. The molecule has 0 amide bonds. The summed E-state index contributed by atoms with van der Waals surface area (Å²) in [6, 6.07) is 8.21. The van der Waals surface area contributed by atoms with E-state index in [1.807, 2.05) is 23.3 Å². The zero-order chi connectivity index (χ0) is 6.69. The van der Waals surface area contributed by atoms with Gasteiger partial charge in [0.15, 0.2) is 0 Å². The van der Waals surface area contributed by atoms with E-state index in [-0.39, 0.29) is 0 Å². The van der Waals surface area contributed by atoms with Crippen molar-refractivity contribution in [3.05, 3.63) is 24.3 Å². The summed E-state index contributed by atoms with van der Waals surface area (Å²) in [7, 11) is 1.16. The first-order valence-electron chi connectivity index (χ1n) is 2.66. The Kier molecular flexibility index (Phi) is 2.69. The van der Waals surface area contributed by atoms with Crippen LogP contribution in [0.3, 0.4) is 0 Å². The van der Waals surface area contributed by atoms with E-state index in [1.165, 1.54) is 4.90 Å². The van der Waals surface area contributed by atoms with E-state index in [0.717, 1.165) is 14.3 Å². The van der Waals surface area contributed by atoms with Crippen LogP contribution in [0.5, 0.6) is 0 Å². The van der Waals surface area contributed by atoms with Gasteiger partial charge in [-0.05, 0) is 18.2 Å². The third kappa shape index (κ3) is 2.08. The Balaban J connectivity index is 2.94. The predicted molar refractivity (Wildman–Crippen MR) is 49.5 cm³/mol. The van der Waals surface area contributed by atoms with E-state index in [2.05, 4.69) is 24.8 Å². The van der Waals surface area contributed by atoms with Crippen LogP contribution in [0.25, 0.3) is 0 Å². The van der Waals surface area contributed by atoms with Gasteiger partial charge in [0.2, 0.25) is 0 Å². The summed E-state index contributed by atoms with van der Waals surface area (Å²) >= 11 is 6.08. The molecule has 3 heteroatoms. The molecule has 0 saturated carbocycles. The van der Waals surface area contributed by atoms with Crippen LogP contribution >= 0.6 is 23.8 Å². The summed E-state index contributed by atoms with van der Waals surface area (Å²) < 4.78 is 0. The first kappa shape index (κ1) is 7.25. The van der Waals surface area contributed by atoms with Crippen molar-refractivity contribution in [2.24, 2.45) is 0 Å². The second-order valence-electron chi connectivity index (χ2n) is 1.70. The van der Waals surface area contributed by atoms with Gasteiger partial charge in [-0.1, -0.05) is 6.07 Å². The number of hydrogen-bond donors (Lipinski definition) is 1. The molecule has 0 aliphatic carbocycles. The molecule has 1 aromatic carbocycles. The van der Waals surface area contributed by atoms with Gasteiger partial charge >= 0.3 is 0 Å². The molecule has 0 unspecified atom stereocenters. The monoisotopic (exact) mass is 172 g/mol. The van der Waals surface area contributed by atoms with Crippen molar-refractivity contribution >= 4 is 33.2 Å². The molecular formula is C6H8S2Si. The number of thiol groups is 1. The SMILES string of the molecule is [SiH3]Sc1cccc(S)c1. The summed E-state index contributed by atoms with van der Waals surface area (Å²) in [4.78, 5) is 2.38. The van der Waals surface area contributed by atoms with E-state index in [1.54, 1.807) is 0 Å². The molecule has 0 N–H and O–H groups in total. The molecule has 0 heterocycles. The minimum atomic E-state index is 1.05. The van der Waals surface area contributed by atoms with Crippen LogP contribution in [0, 0.1) is 0 Å². The van der Waals surface area contributed by atoms with Crippen LogP contribution in [-0.4, -0.2) is 9.39 Å². The molecule has 0 nitrogen and oxygen atoms in total. The van der Waals surface area contributed by atoms with E-state index in [9.17, 15) is 0 Å². The first-order valence-corrected chi connectivity index (χ1v) is 6.78. The van der Waals surface area contributed by atoms with E-state index in [0.29, 0.717) is 0 Å². The van der Waals surface area contributed by atoms with Crippen molar-refractivity contribution in [3.8, 4) is 0 Å². The molecular weight excluding hydrogens is 164 g/mol. The second kappa shape index (κ2) is 3.34. The van der Waals surface area contributed by atoms with Crippen LogP contribution in [0.15, 0.2) is 34.1 Å². The predicted octanol–water partition coefficient (Wildman–Crippen LogP) is 1.35. The van der Waals surface area contributed by atoms with E-state index in [4.69, 9.17) is 0 Å². The van der Waals surface area contributed by atoms with Gasteiger partial charge in [0.05, 0.1) is 9.39 Å². The zero-order valence-corrected chi connectivity index (χ0v) is 8.88. The van der Waals surface area contributed by atoms with Gasteiger partial charge in [0, 0.05) is 9.79 Å². The maximum atomic E-state index is 4.21. The fourth-order valence-corrected chi connectivity index (χ4v) is 2.14. The summed E-state index contributed by atoms with van der Waals surface area (Å²) in [5.41, 5.74) is 0. The Hall–Kier alpha value is 0.137. The maximum absolute atomic E-state index is 4.21. The molecule has 9 heavy (non-hydrogen) atoms. The Morgan fingerprint density at radius 2 is 2.22 bits per heavy atom. The van der Waals surface area contributed by atoms with Gasteiger partial charge in [0.1, 0.15) is 0 Å². The van der Waals surface area contributed by atoms with Crippen LogP contribution in [0.1, 0.15) is 0 Å². The topological polar surface area (TPSA) is 0 Å². The van der Waals surface area contributed by atoms with Gasteiger partial charge in [0.25, 0.3) is 0 Å². The molecule has 0 radical (unpaired) electrons. The van der Waals surface area contributed by atoms with Gasteiger partial charge < -0.3 is 0 Å². The van der Waals surface area contributed by atoms with E-state index >= 15 is 0 Å². The normalized spacial score (nSPS) is 9.89. The van der Waals surface area contributed by atoms with Crippen molar-refractivity contribution in [1.82, 2.24) is 0 Å². The molecule has 0 spiro atoms. The highest BCUT2D eigenvalue weighted by atomic mass is 32.4. The lowest BCUT2D eigenvalue weighted by atomic mass is 10.4. The molecule has 0 atom stereocenters. The van der Waals surface area contributed by atoms with Crippen molar-refractivity contribution in [2.75, 3.05) is 0 Å². The average Bonchev–Trinajstić information content (AvgIpc) is 1.88. The number of hydrogen-bond acceptors (Lipinski definition) is 2. The lowest BCUT2D eigenvalue weighted by Gasteiger charge is -1.94. The minimum absolute atomic E-state index is 1.05. The van der Waals surface area contributed by atoms with Crippen LogP contribution in [0.2, 0.25) is 0 Å². The van der Waals surface area contributed by atoms with Crippen molar-refractivity contribution in [2.45, 2.75) is 9.79 Å². The standard InChI is InChI=1S/C6H8S2Si/c7-5-2-1-3-6(4-5)8-9/h1-4,7H,9H3. The Morgan fingerprint density at radius 3 is 2.67 bits per heavy atom. The maximum Gasteiger partial charge on any atom is 0.0758 e. The molecule has 1 rings (SSSR count). The minimum Gasteiger partial charge on any atom is -0.164 e. The quantitative estimate of drug-likeness (QED) is 0.493. The summed E-state index contributed by atoms with van der Waals surface area (Å²) in [5.74, 6) is 0. The number of rotatable bonds is 1. The third-order valence-corrected chi connectivity index (χ3v) is 3.47. The molecule has 0 aliphatic heterocycles. The summed E-state index contributed by atoms with van der Waals surface area (Å²) in [5, 5.41) is 0. The van der Waals surface area contributed by atoms with Crippen LogP contribution < -0.4 is 0 Å². The zero-order valence-electron chi connectivity index (χ0n) is 5.16. The highest BCUT2D eigenvalue weighted by molar-refractivity contribution is 8.19. The highest BCUT2D eigenvalue weighted by Crippen LogP contribution is 2.16. The third-order valence-electron chi connectivity index (χ3n) is 1.05. The second-order valence-corrected chi connectivity index (χ2v) is 4.32. The summed E-state index contributed by atoms with van der Waals surface area (Å²) in [6.07, 6.45) is 0. The molecule has 0 aliphatic rings. The van der Waals surface area contributed by atoms with Gasteiger partial charge in [-0.15, -0.1) is 12.6 Å². The Labute approximate surface area is 67.5 Å². The lowest BCUT2D eigenvalue weighted by Crippen LogP contribution is -1.68. The van der Waals surface area contributed by atoms with Crippen LogP contribution in [-0.2, 0) is 0 Å².